The Morgan fingerprint density at radius 2 is 1.94 bits per heavy atom. The Labute approximate surface area is 109 Å². The molecular formula is C14H22N2O2. The van der Waals surface area contributed by atoms with Gasteiger partial charge in [0.05, 0.1) is 0 Å². The Bertz CT molecular complexity index is 374. The molecule has 1 rings (SSSR count). The van der Waals surface area contributed by atoms with Gasteiger partial charge in [-0.25, -0.2) is 0 Å². The number of hydrogen-bond acceptors (Lipinski definition) is 3. The van der Waals surface area contributed by atoms with Gasteiger partial charge in [-0.2, -0.15) is 0 Å². The van der Waals surface area contributed by atoms with E-state index in [-0.39, 0.29) is 12.5 Å². The number of carbonyl (C=O) groups is 1. The smallest absolute Gasteiger partial charge is 0.259 e. The van der Waals surface area contributed by atoms with Gasteiger partial charge in [-0.1, -0.05) is 12.1 Å². The van der Waals surface area contributed by atoms with Crippen molar-refractivity contribution in [1.29, 1.82) is 0 Å². The van der Waals surface area contributed by atoms with E-state index in [9.17, 15) is 4.79 Å². The highest BCUT2D eigenvalue weighted by Crippen LogP contribution is 2.13. The maximum Gasteiger partial charge on any atom is 0.259 e. The third kappa shape index (κ3) is 4.75. The second-order valence-corrected chi connectivity index (χ2v) is 4.61. The van der Waals surface area contributed by atoms with E-state index in [1.165, 1.54) is 10.5 Å². The molecule has 0 radical (unpaired) electrons. The van der Waals surface area contributed by atoms with Crippen molar-refractivity contribution in [1.82, 2.24) is 10.2 Å². The second-order valence-electron chi connectivity index (χ2n) is 4.61. The zero-order valence-corrected chi connectivity index (χ0v) is 11.6. The van der Waals surface area contributed by atoms with Crippen LogP contribution in [0.15, 0.2) is 24.3 Å². The fourth-order valence-corrected chi connectivity index (χ4v) is 1.45. The van der Waals surface area contributed by atoms with Crippen molar-refractivity contribution < 1.29 is 9.53 Å². The molecule has 0 fully saturated rings. The van der Waals surface area contributed by atoms with Gasteiger partial charge in [0.2, 0.25) is 0 Å². The highest BCUT2D eigenvalue weighted by atomic mass is 16.5. The van der Waals surface area contributed by atoms with Gasteiger partial charge in [-0.05, 0) is 38.1 Å². The van der Waals surface area contributed by atoms with E-state index in [0.717, 1.165) is 12.2 Å². The van der Waals surface area contributed by atoms with Gasteiger partial charge in [-0.15, -0.1) is 0 Å². The third-order valence-electron chi connectivity index (χ3n) is 2.82. The first-order valence-electron chi connectivity index (χ1n) is 6.12. The molecule has 0 saturated carbocycles. The molecule has 0 bridgehead atoms. The molecule has 1 aromatic carbocycles. The minimum atomic E-state index is -0.0390. The summed E-state index contributed by atoms with van der Waals surface area (Å²) < 4.78 is 5.41. The van der Waals surface area contributed by atoms with Crippen LogP contribution in [-0.2, 0) is 11.2 Å². The summed E-state index contributed by atoms with van der Waals surface area (Å²) in [5.41, 5.74) is 1.25. The van der Waals surface area contributed by atoms with Gasteiger partial charge >= 0.3 is 0 Å². The Morgan fingerprint density at radius 1 is 1.33 bits per heavy atom. The molecule has 0 saturated heterocycles. The summed E-state index contributed by atoms with van der Waals surface area (Å²) >= 11 is 0. The zero-order chi connectivity index (χ0) is 13.5. The third-order valence-corrected chi connectivity index (χ3v) is 2.82. The van der Waals surface area contributed by atoms with Crippen molar-refractivity contribution in [2.45, 2.75) is 19.4 Å². The average Bonchev–Trinajstić information content (AvgIpc) is 2.37. The molecule has 0 heterocycles. The van der Waals surface area contributed by atoms with Gasteiger partial charge in [0.1, 0.15) is 5.75 Å². The number of hydrogen-bond donors (Lipinski definition) is 1. The van der Waals surface area contributed by atoms with E-state index in [4.69, 9.17) is 4.74 Å². The van der Waals surface area contributed by atoms with Gasteiger partial charge < -0.3 is 15.0 Å². The molecule has 0 aromatic heterocycles. The van der Waals surface area contributed by atoms with Gasteiger partial charge in [-0.3, -0.25) is 4.79 Å². The van der Waals surface area contributed by atoms with Crippen molar-refractivity contribution in [2.75, 3.05) is 27.7 Å². The quantitative estimate of drug-likeness (QED) is 0.827. The minimum Gasteiger partial charge on any atom is -0.484 e. The van der Waals surface area contributed by atoms with Gasteiger partial charge in [0.15, 0.2) is 6.61 Å². The molecular weight excluding hydrogens is 228 g/mol. The van der Waals surface area contributed by atoms with Crippen LogP contribution >= 0.6 is 0 Å². The number of carbonyl (C=O) groups excluding carboxylic acids is 1. The van der Waals surface area contributed by atoms with E-state index >= 15 is 0 Å². The number of nitrogens with zero attached hydrogens (tertiary/aromatic N) is 1. The maximum absolute atomic E-state index is 11.4. The van der Waals surface area contributed by atoms with Crippen LogP contribution in [0.5, 0.6) is 5.75 Å². The first-order chi connectivity index (χ1) is 8.52. The monoisotopic (exact) mass is 250 g/mol. The van der Waals surface area contributed by atoms with Crippen molar-refractivity contribution in [3.8, 4) is 5.75 Å². The Balaban J connectivity index is 2.48. The maximum atomic E-state index is 11.4. The molecule has 1 aromatic rings. The fraction of sp³-hybridized carbons (Fsp3) is 0.500. The van der Waals surface area contributed by atoms with Crippen LogP contribution in [-0.4, -0.2) is 44.6 Å². The average molecular weight is 250 g/mol. The lowest BCUT2D eigenvalue weighted by Gasteiger charge is -2.12. The molecule has 0 aliphatic carbocycles. The van der Waals surface area contributed by atoms with E-state index in [0.29, 0.717) is 6.04 Å². The van der Waals surface area contributed by atoms with Gasteiger partial charge in [0.25, 0.3) is 5.91 Å². The first-order valence-corrected chi connectivity index (χ1v) is 6.12. The number of ether oxygens (including phenoxy) is 1. The molecule has 0 spiro atoms. The highest BCUT2D eigenvalue weighted by molar-refractivity contribution is 5.77. The Hall–Kier alpha value is -1.55. The van der Waals surface area contributed by atoms with Crippen LogP contribution in [0.3, 0.4) is 0 Å². The highest BCUT2D eigenvalue weighted by Gasteiger charge is 2.05. The second kappa shape index (κ2) is 7.01. The predicted molar refractivity (Wildman–Crippen MR) is 72.9 cm³/mol. The van der Waals surface area contributed by atoms with E-state index in [1.54, 1.807) is 14.1 Å². The summed E-state index contributed by atoms with van der Waals surface area (Å²) in [5, 5.41) is 3.20. The number of likely N-dealkylation sites (N-methyl/N-ethyl adjacent to an activating group) is 2. The van der Waals surface area contributed by atoms with Crippen molar-refractivity contribution >= 4 is 5.91 Å². The zero-order valence-electron chi connectivity index (χ0n) is 11.6. The summed E-state index contributed by atoms with van der Waals surface area (Å²) in [6.45, 7) is 2.22. The van der Waals surface area contributed by atoms with E-state index in [2.05, 4.69) is 12.2 Å². The molecule has 4 nitrogen and oxygen atoms in total. The van der Waals surface area contributed by atoms with Crippen molar-refractivity contribution in [3.05, 3.63) is 29.8 Å². The molecule has 4 heteroatoms. The van der Waals surface area contributed by atoms with Crippen molar-refractivity contribution in [3.63, 3.8) is 0 Å². The number of rotatable bonds is 6. The van der Waals surface area contributed by atoms with Gasteiger partial charge in [0, 0.05) is 20.1 Å². The van der Waals surface area contributed by atoms with Crippen LogP contribution in [0.25, 0.3) is 0 Å². The minimum absolute atomic E-state index is 0.0390. The van der Waals surface area contributed by atoms with Crippen LogP contribution in [0.2, 0.25) is 0 Å². The fourth-order valence-electron chi connectivity index (χ4n) is 1.45. The van der Waals surface area contributed by atoms with E-state index in [1.807, 2.05) is 31.3 Å². The lowest BCUT2D eigenvalue weighted by Crippen LogP contribution is -2.27. The molecule has 100 valence electrons. The number of nitrogens with one attached hydrogen (secondary N) is 1. The summed E-state index contributed by atoms with van der Waals surface area (Å²) in [6, 6.07) is 8.32. The first kappa shape index (κ1) is 14.5. The molecule has 0 aliphatic rings. The molecule has 0 aliphatic heterocycles. The summed E-state index contributed by atoms with van der Waals surface area (Å²) in [5.74, 6) is 0.689. The number of amides is 1. The summed E-state index contributed by atoms with van der Waals surface area (Å²) in [4.78, 5) is 12.9. The van der Waals surface area contributed by atoms with Crippen LogP contribution in [0.1, 0.15) is 12.5 Å². The van der Waals surface area contributed by atoms with Crippen LogP contribution < -0.4 is 10.1 Å². The largest absolute Gasteiger partial charge is 0.484 e. The Kier molecular flexibility index (Phi) is 5.65. The number of benzene rings is 1. The van der Waals surface area contributed by atoms with Crippen LogP contribution in [0, 0.1) is 0 Å². The molecule has 1 N–H and O–H groups in total. The molecule has 18 heavy (non-hydrogen) atoms. The Morgan fingerprint density at radius 3 is 2.44 bits per heavy atom. The standard InChI is InChI=1S/C14H22N2O2/c1-11(15-2)9-12-5-7-13(8-6-12)18-10-14(17)16(3)4/h5-8,11,15H,9-10H2,1-4H3. The lowest BCUT2D eigenvalue weighted by atomic mass is 10.1. The summed E-state index contributed by atoms with van der Waals surface area (Å²) in [7, 11) is 5.39. The molecule has 1 amide bonds. The van der Waals surface area contributed by atoms with E-state index < -0.39 is 0 Å². The lowest BCUT2D eigenvalue weighted by molar-refractivity contribution is -0.130. The summed E-state index contributed by atoms with van der Waals surface area (Å²) in [6.07, 6.45) is 0.980. The predicted octanol–water partition coefficient (Wildman–Crippen LogP) is 1.30. The SMILES string of the molecule is CNC(C)Cc1ccc(OCC(=O)N(C)C)cc1. The van der Waals surface area contributed by atoms with Crippen LogP contribution in [0.4, 0.5) is 0 Å². The molecule has 1 unspecified atom stereocenters. The normalized spacial score (nSPS) is 12.0. The van der Waals surface area contributed by atoms with Crippen molar-refractivity contribution in [2.24, 2.45) is 0 Å². The molecule has 1 atom stereocenters. The topological polar surface area (TPSA) is 41.6 Å².